The molecule has 3 aromatic rings. The van der Waals surface area contributed by atoms with Crippen LogP contribution in [0.5, 0.6) is 0 Å². The van der Waals surface area contributed by atoms with Gasteiger partial charge in [-0.3, -0.25) is 0 Å². The number of fused-ring (bicyclic) bond motifs is 1. The number of rotatable bonds is 2. The van der Waals surface area contributed by atoms with E-state index in [4.69, 9.17) is 10.7 Å². The van der Waals surface area contributed by atoms with Gasteiger partial charge in [-0.05, 0) is 30.6 Å². The summed E-state index contributed by atoms with van der Waals surface area (Å²) in [6.45, 7) is 4.18. The molecule has 0 bridgehead atoms. The Morgan fingerprint density at radius 1 is 0.920 bits per heavy atom. The van der Waals surface area contributed by atoms with Crippen molar-refractivity contribution < 1.29 is 0 Å². The van der Waals surface area contributed by atoms with Crippen LogP contribution in [0, 0.1) is 0 Å². The van der Waals surface area contributed by atoms with Crippen molar-refractivity contribution in [1.29, 1.82) is 0 Å². The summed E-state index contributed by atoms with van der Waals surface area (Å²) >= 11 is 0. The molecule has 5 heteroatoms. The minimum absolute atomic E-state index is 0. The molecule has 0 atom stereocenters. The number of nitrogen functional groups attached to an aromatic ring is 1. The fraction of sp³-hybridized carbons (Fsp3) is 0.250. The molecule has 4 nitrogen and oxygen atoms in total. The topological polar surface area (TPSA) is 45.4 Å². The van der Waals surface area contributed by atoms with Crippen LogP contribution in [0.15, 0.2) is 54.6 Å². The molecule has 1 saturated heterocycles. The van der Waals surface area contributed by atoms with Crippen LogP contribution in [0.1, 0.15) is 0 Å². The second-order valence-electron chi connectivity index (χ2n) is 6.46. The lowest BCUT2D eigenvalue weighted by atomic mass is 10.0. The third-order valence-electron chi connectivity index (χ3n) is 4.74. The number of hydrogen-bond donors (Lipinski definition) is 1. The highest BCUT2D eigenvalue weighted by Gasteiger charge is 2.17. The highest BCUT2D eigenvalue weighted by atomic mass is 35.5. The Morgan fingerprint density at radius 3 is 2.32 bits per heavy atom. The molecular formula is C20H23ClN4. The van der Waals surface area contributed by atoms with Gasteiger partial charge in [0.1, 0.15) is 5.82 Å². The van der Waals surface area contributed by atoms with E-state index in [9.17, 15) is 0 Å². The summed E-state index contributed by atoms with van der Waals surface area (Å²) < 4.78 is 0. The zero-order valence-electron chi connectivity index (χ0n) is 14.4. The minimum atomic E-state index is 0. The van der Waals surface area contributed by atoms with Crippen LogP contribution in [-0.4, -0.2) is 43.1 Å². The first kappa shape index (κ1) is 17.5. The number of nitrogens with zero attached hydrogens (tertiary/aromatic N) is 3. The Bertz CT molecular complexity index is 855. The molecule has 1 aromatic heterocycles. The maximum Gasteiger partial charge on any atom is 0.129 e. The number of pyridine rings is 1. The Hall–Kier alpha value is -2.30. The predicted molar refractivity (Wildman–Crippen MR) is 109 cm³/mol. The molecule has 0 unspecified atom stereocenters. The van der Waals surface area contributed by atoms with Gasteiger partial charge in [-0.1, -0.05) is 36.4 Å². The fourth-order valence-corrected chi connectivity index (χ4v) is 3.24. The van der Waals surface area contributed by atoms with E-state index in [0.717, 1.165) is 48.9 Å². The van der Waals surface area contributed by atoms with Crippen LogP contribution in [0.3, 0.4) is 0 Å². The van der Waals surface area contributed by atoms with E-state index in [2.05, 4.69) is 59.3 Å². The number of piperazine rings is 1. The van der Waals surface area contributed by atoms with Crippen LogP contribution in [-0.2, 0) is 0 Å². The van der Waals surface area contributed by atoms with Gasteiger partial charge < -0.3 is 15.5 Å². The number of halogens is 1. The molecule has 0 saturated carbocycles. The lowest BCUT2D eigenvalue weighted by molar-refractivity contribution is 0.312. The van der Waals surface area contributed by atoms with Crippen molar-refractivity contribution in [3.05, 3.63) is 54.6 Å². The van der Waals surface area contributed by atoms with Crippen LogP contribution >= 0.6 is 12.4 Å². The number of anilines is 2. The van der Waals surface area contributed by atoms with Gasteiger partial charge in [0.15, 0.2) is 0 Å². The number of nitrogens with two attached hydrogens (primary N) is 1. The molecule has 0 amide bonds. The molecule has 130 valence electrons. The summed E-state index contributed by atoms with van der Waals surface area (Å²) in [6, 6.07) is 18.7. The third-order valence-corrected chi connectivity index (χ3v) is 4.74. The zero-order chi connectivity index (χ0) is 16.5. The maximum absolute atomic E-state index is 5.84. The largest absolute Gasteiger partial charge is 0.399 e. The summed E-state index contributed by atoms with van der Waals surface area (Å²) in [5.74, 6) is 1.06. The van der Waals surface area contributed by atoms with Gasteiger partial charge in [0, 0.05) is 42.8 Å². The van der Waals surface area contributed by atoms with Crippen LogP contribution in [0.25, 0.3) is 22.0 Å². The van der Waals surface area contributed by atoms with Gasteiger partial charge in [-0.25, -0.2) is 4.98 Å². The molecule has 2 N–H and O–H groups in total. The molecule has 2 aromatic carbocycles. The average Bonchev–Trinajstić information content (AvgIpc) is 2.62. The van der Waals surface area contributed by atoms with E-state index in [1.165, 1.54) is 10.8 Å². The van der Waals surface area contributed by atoms with Gasteiger partial charge in [0.2, 0.25) is 0 Å². The highest BCUT2D eigenvalue weighted by molar-refractivity contribution is 5.96. The minimum Gasteiger partial charge on any atom is -0.399 e. The normalized spacial score (nSPS) is 15.2. The SMILES string of the molecule is CN1CCN(c2cc3ccccc3c(-c3ccc(N)cc3)n2)CC1.Cl. The Balaban J connectivity index is 0.00000182. The molecule has 1 fully saturated rings. The smallest absolute Gasteiger partial charge is 0.129 e. The van der Waals surface area contributed by atoms with Crippen molar-refractivity contribution in [1.82, 2.24) is 9.88 Å². The summed E-state index contributed by atoms with van der Waals surface area (Å²) in [4.78, 5) is 9.76. The van der Waals surface area contributed by atoms with Crippen LogP contribution in [0.2, 0.25) is 0 Å². The van der Waals surface area contributed by atoms with Crippen molar-refractivity contribution >= 4 is 34.7 Å². The molecule has 1 aliphatic rings. The molecular weight excluding hydrogens is 332 g/mol. The van der Waals surface area contributed by atoms with Crippen molar-refractivity contribution in [2.24, 2.45) is 0 Å². The van der Waals surface area contributed by atoms with Crippen molar-refractivity contribution in [2.75, 3.05) is 43.9 Å². The summed E-state index contributed by atoms with van der Waals surface area (Å²) in [5, 5.41) is 2.41. The van der Waals surface area contributed by atoms with Gasteiger partial charge in [-0.2, -0.15) is 0 Å². The maximum atomic E-state index is 5.84. The summed E-state index contributed by atoms with van der Waals surface area (Å²) in [6.07, 6.45) is 0. The first-order chi connectivity index (χ1) is 11.7. The molecule has 25 heavy (non-hydrogen) atoms. The van der Waals surface area contributed by atoms with E-state index in [0.29, 0.717) is 0 Å². The Morgan fingerprint density at radius 2 is 1.60 bits per heavy atom. The Kier molecular flexibility index (Phi) is 5.11. The van der Waals surface area contributed by atoms with Crippen molar-refractivity contribution in [3.8, 4) is 11.3 Å². The number of hydrogen-bond acceptors (Lipinski definition) is 4. The molecule has 2 heterocycles. The Labute approximate surface area is 154 Å². The van der Waals surface area contributed by atoms with E-state index < -0.39 is 0 Å². The van der Waals surface area contributed by atoms with E-state index in [1.54, 1.807) is 0 Å². The van der Waals surface area contributed by atoms with Gasteiger partial charge in [0.05, 0.1) is 5.69 Å². The molecule has 0 spiro atoms. The standard InChI is InChI=1S/C20H22N4.ClH/c1-23-10-12-24(13-11-23)19-14-16-4-2-3-5-18(16)20(22-19)15-6-8-17(21)9-7-15;/h2-9,14H,10-13,21H2,1H3;1H. The van der Waals surface area contributed by atoms with Crippen molar-refractivity contribution in [3.63, 3.8) is 0 Å². The lowest BCUT2D eigenvalue weighted by Gasteiger charge is -2.33. The monoisotopic (exact) mass is 354 g/mol. The van der Waals surface area contributed by atoms with Gasteiger partial charge in [-0.15, -0.1) is 12.4 Å². The van der Waals surface area contributed by atoms with E-state index in [-0.39, 0.29) is 12.4 Å². The van der Waals surface area contributed by atoms with Crippen molar-refractivity contribution in [2.45, 2.75) is 0 Å². The number of benzene rings is 2. The predicted octanol–water partition coefficient (Wildman–Crippen LogP) is 3.66. The first-order valence-corrected chi connectivity index (χ1v) is 8.40. The van der Waals surface area contributed by atoms with Gasteiger partial charge >= 0.3 is 0 Å². The molecule has 0 aliphatic carbocycles. The first-order valence-electron chi connectivity index (χ1n) is 8.40. The molecule has 1 aliphatic heterocycles. The second-order valence-corrected chi connectivity index (χ2v) is 6.46. The van der Waals surface area contributed by atoms with Gasteiger partial charge in [0.25, 0.3) is 0 Å². The quantitative estimate of drug-likeness (QED) is 0.713. The fourth-order valence-electron chi connectivity index (χ4n) is 3.24. The average molecular weight is 355 g/mol. The number of aromatic nitrogens is 1. The van der Waals surface area contributed by atoms with E-state index >= 15 is 0 Å². The lowest BCUT2D eigenvalue weighted by Crippen LogP contribution is -2.44. The van der Waals surface area contributed by atoms with Crippen LogP contribution in [0.4, 0.5) is 11.5 Å². The second kappa shape index (κ2) is 7.30. The zero-order valence-corrected chi connectivity index (χ0v) is 15.2. The molecule has 0 radical (unpaired) electrons. The highest BCUT2D eigenvalue weighted by Crippen LogP contribution is 2.31. The molecule has 4 rings (SSSR count). The van der Waals surface area contributed by atoms with E-state index in [1.807, 2.05) is 12.1 Å². The number of likely N-dealkylation sites (N-methyl/N-ethyl adjacent to an activating group) is 1. The summed E-state index contributed by atoms with van der Waals surface area (Å²) in [7, 11) is 2.17. The third kappa shape index (κ3) is 3.55. The summed E-state index contributed by atoms with van der Waals surface area (Å²) in [5.41, 5.74) is 8.76. The van der Waals surface area contributed by atoms with Crippen LogP contribution < -0.4 is 10.6 Å².